The summed E-state index contributed by atoms with van der Waals surface area (Å²) in [5, 5.41) is 10.7. The number of piperazine rings is 1. The molecule has 4 rings (SSSR count). The first-order valence-corrected chi connectivity index (χ1v) is 10.6. The lowest BCUT2D eigenvalue weighted by Crippen LogP contribution is -2.49. The van der Waals surface area contributed by atoms with Crippen LogP contribution in [0.25, 0.3) is 0 Å². The molecule has 1 unspecified atom stereocenters. The van der Waals surface area contributed by atoms with Gasteiger partial charge in [0.15, 0.2) is 0 Å². The first-order chi connectivity index (χ1) is 14.1. The van der Waals surface area contributed by atoms with E-state index in [0.717, 1.165) is 62.4 Å². The Labute approximate surface area is 172 Å². The van der Waals surface area contributed by atoms with E-state index < -0.39 is 6.10 Å². The van der Waals surface area contributed by atoms with Gasteiger partial charge in [0.1, 0.15) is 5.82 Å². The molecular formula is C23H30N4O2. The Morgan fingerprint density at radius 1 is 1.03 bits per heavy atom. The Kier molecular flexibility index (Phi) is 6.00. The molecule has 1 saturated heterocycles. The van der Waals surface area contributed by atoms with Crippen LogP contribution in [0.15, 0.2) is 42.6 Å². The minimum Gasteiger partial charge on any atom is -0.388 e. The van der Waals surface area contributed by atoms with Gasteiger partial charge in [-0.3, -0.25) is 4.79 Å². The molecule has 1 aromatic heterocycles. The molecule has 2 aromatic rings. The molecule has 2 aliphatic rings. The number of pyridine rings is 1. The molecule has 3 heterocycles. The number of hydrogen-bond donors (Lipinski definition) is 1. The first-order valence-electron chi connectivity index (χ1n) is 10.6. The average molecular weight is 395 g/mol. The highest BCUT2D eigenvalue weighted by atomic mass is 16.3. The monoisotopic (exact) mass is 394 g/mol. The van der Waals surface area contributed by atoms with Crippen LogP contribution >= 0.6 is 0 Å². The van der Waals surface area contributed by atoms with Crippen molar-refractivity contribution in [1.82, 2.24) is 9.88 Å². The van der Waals surface area contributed by atoms with E-state index in [1.165, 1.54) is 0 Å². The van der Waals surface area contributed by atoms with Crippen LogP contribution < -0.4 is 9.80 Å². The Balaban J connectivity index is 1.49. The standard InChI is InChI=1S/C23H30N4O2/c1-25-12-6-2-3-7-21(28)19-17-18(9-10-20(19)25)23(29)27-15-13-26(14-16-27)22-8-4-5-11-24-22/h4-5,8-11,17,21,28H,2-3,6-7,12-16H2,1H3. The van der Waals surface area contributed by atoms with E-state index in [-0.39, 0.29) is 5.91 Å². The first kappa shape index (κ1) is 19.7. The molecule has 1 amide bonds. The quantitative estimate of drug-likeness (QED) is 0.848. The summed E-state index contributed by atoms with van der Waals surface area (Å²) in [6.07, 6.45) is 5.31. The number of carbonyl (C=O) groups excluding carboxylic acids is 1. The van der Waals surface area contributed by atoms with Crippen molar-refractivity contribution in [3.05, 3.63) is 53.7 Å². The molecule has 1 fully saturated rings. The molecule has 0 saturated carbocycles. The van der Waals surface area contributed by atoms with Crippen molar-refractivity contribution in [3.8, 4) is 0 Å². The second-order valence-electron chi connectivity index (χ2n) is 8.03. The molecule has 6 heteroatoms. The van der Waals surface area contributed by atoms with E-state index in [1.807, 2.05) is 41.3 Å². The van der Waals surface area contributed by atoms with Crippen LogP contribution in [0.2, 0.25) is 0 Å². The Morgan fingerprint density at radius 2 is 1.86 bits per heavy atom. The van der Waals surface area contributed by atoms with Crippen molar-refractivity contribution in [2.24, 2.45) is 0 Å². The van der Waals surface area contributed by atoms with Crippen molar-refractivity contribution in [3.63, 3.8) is 0 Å². The summed E-state index contributed by atoms with van der Waals surface area (Å²) >= 11 is 0. The van der Waals surface area contributed by atoms with Crippen LogP contribution in [0, 0.1) is 0 Å². The molecule has 0 bridgehead atoms. The molecule has 0 radical (unpaired) electrons. The summed E-state index contributed by atoms with van der Waals surface area (Å²) in [6, 6.07) is 11.7. The van der Waals surface area contributed by atoms with E-state index in [0.29, 0.717) is 18.7 Å². The second kappa shape index (κ2) is 8.82. The maximum Gasteiger partial charge on any atom is 0.253 e. The molecular weight excluding hydrogens is 364 g/mol. The van der Waals surface area contributed by atoms with Crippen LogP contribution in [-0.4, -0.2) is 60.7 Å². The predicted molar refractivity (Wildman–Crippen MR) is 115 cm³/mol. The predicted octanol–water partition coefficient (Wildman–Crippen LogP) is 3.09. The van der Waals surface area contributed by atoms with Crippen molar-refractivity contribution in [2.75, 3.05) is 49.6 Å². The molecule has 29 heavy (non-hydrogen) atoms. The summed E-state index contributed by atoms with van der Waals surface area (Å²) in [5.41, 5.74) is 2.59. The number of rotatable bonds is 2. The highest BCUT2D eigenvalue weighted by Gasteiger charge is 2.25. The van der Waals surface area contributed by atoms with Gasteiger partial charge < -0.3 is 19.8 Å². The van der Waals surface area contributed by atoms with Crippen LogP contribution in [0.5, 0.6) is 0 Å². The molecule has 1 aromatic carbocycles. The van der Waals surface area contributed by atoms with Crippen LogP contribution in [-0.2, 0) is 0 Å². The van der Waals surface area contributed by atoms with Gasteiger partial charge in [0.2, 0.25) is 0 Å². The maximum absolute atomic E-state index is 13.1. The minimum absolute atomic E-state index is 0.0446. The number of anilines is 2. The lowest BCUT2D eigenvalue weighted by molar-refractivity contribution is 0.0746. The van der Waals surface area contributed by atoms with E-state index in [1.54, 1.807) is 6.20 Å². The summed E-state index contributed by atoms with van der Waals surface area (Å²) in [7, 11) is 2.06. The Bertz CT molecular complexity index is 834. The lowest BCUT2D eigenvalue weighted by atomic mass is 9.99. The third kappa shape index (κ3) is 4.37. The largest absolute Gasteiger partial charge is 0.388 e. The summed E-state index contributed by atoms with van der Waals surface area (Å²) in [4.78, 5) is 23.9. The van der Waals surface area contributed by atoms with Gasteiger partial charge in [-0.05, 0) is 43.2 Å². The molecule has 6 nitrogen and oxygen atoms in total. The normalized spacial score (nSPS) is 20.5. The number of fused-ring (bicyclic) bond motifs is 1. The zero-order valence-electron chi connectivity index (χ0n) is 17.1. The highest BCUT2D eigenvalue weighted by Crippen LogP contribution is 2.32. The molecule has 1 N–H and O–H groups in total. The molecule has 0 aliphatic carbocycles. The number of amides is 1. The fourth-order valence-electron chi connectivity index (χ4n) is 4.30. The van der Waals surface area contributed by atoms with Crippen molar-refractivity contribution < 1.29 is 9.90 Å². The van der Waals surface area contributed by atoms with E-state index in [2.05, 4.69) is 21.8 Å². The molecule has 1 atom stereocenters. The summed E-state index contributed by atoms with van der Waals surface area (Å²) in [5.74, 6) is 1.01. The Morgan fingerprint density at radius 3 is 2.62 bits per heavy atom. The summed E-state index contributed by atoms with van der Waals surface area (Å²) < 4.78 is 0. The number of benzene rings is 1. The number of aromatic nitrogens is 1. The highest BCUT2D eigenvalue weighted by molar-refractivity contribution is 5.95. The zero-order valence-corrected chi connectivity index (χ0v) is 17.1. The molecule has 2 aliphatic heterocycles. The number of nitrogens with zero attached hydrogens (tertiary/aromatic N) is 4. The lowest BCUT2D eigenvalue weighted by Gasteiger charge is -2.35. The molecule has 154 valence electrons. The van der Waals surface area contributed by atoms with Gasteiger partial charge in [-0.15, -0.1) is 0 Å². The van der Waals surface area contributed by atoms with Gasteiger partial charge in [0.05, 0.1) is 6.10 Å². The third-order valence-corrected chi connectivity index (χ3v) is 6.06. The van der Waals surface area contributed by atoms with Crippen molar-refractivity contribution in [2.45, 2.75) is 31.8 Å². The number of hydrogen-bond acceptors (Lipinski definition) is 5. The number of carbonyl (C=O) groups is 1. The van der Waals surface area contributed by atoms with Crippen molar-refractivity contribution in [1.29, 1.82) is 0 Å². The SMILES string of the molecule is CN1CCCCCC(O)c2cc(C(=O)N3CCN(c4ccccn4)CC3)ccc21. The van der Waals surface area contributed by atoms with E-state index >= 15 is 0 Å². The Hall–Kier alpha value is -2.60. The maximum atomic E-state index is 13.1. The van der Waals surface area contributed by atoms with E-state index in [4.69, 9.17) is 0 Å². The fraction of sp³-hybridized carbons (Fsp3) is 0.478. The van der Waals surface area contributed by atoms with Crippen LogP contribution in [0.3, 0.4) is 0 Å². The average Bonchev–Trinajstić information content (AvgIpc) is 2.84. The summed E-state index contributed by atoms with van der Waals surface area (Å²) in [6.45, 7) is 3.88. The zero-order chi connectivity index (χ0) is 20.2. The van der Waals surface area contributed by atoms with Gasteiger partial charge in [0.25, 0.3) is 5.91 Å². The fourth-order valence-corrected chi connectivity index (χ4v) is 4.30. The van der Waals surface area contributed by atoms with Crippen LogP contribution in [0.1, 0.15) is 47.7 Å². The number of aliphatic hydroxyl groups is 1. The smallest absolute Gasteiger partial charge is 0.253 e. The van der Waals surface area contributed by atoms with Gasteiger partial charge in [0, 0.05) is 62.8 Å². The van der Waals surface area contributed by atoms with Gasteiger partial charge in [-0.1, -0.05) is 18.9 Å². The van der Waals surface area contributed by atoms with Crippen LogP contribution in [0.4, 0.5) is 11.5 Å². The topological polar surface area (TPSA) is 59.9 Å². The van der Waals surface area contributed by atoms with Crippen molar-refractivity contribution >= 4 is 17.4 Å². The van der Waals surface area contributed by atoms with Gasteiger partial charge in [-0.25, -0.2) is 4.98 Å². The van der Waals surface area contributed by atoms with Gasteiger partial charge in [-0.2, -0.15) is 0 Å². The van der Waals surface area contributed by atoms with Gasteiger partial charge >= 0.3 is 0 Å². The number of aliphatic hydroxyl groups excluding tert-OH is 1. The second-order valence-corrected chi connectivity index (χ2v) is 8.03. The third-order valence-electron chi connectivity index (χ3n) is 6.06. The molecule has 0 spiro atoms. The van der Waals surface area contributed by atoms with E-state index in [9.17, 15) is 9.90 Å². The minimum atomic E-state index is -0.515.